The van der Waals surface area contributed by atoms with Gasteiger partial charge < -0.3 is 10.1 Å². The molecule has 3 amide bonds. The molecule has 1 aromatic carbocycles. The molecular formula is C18H19IN2O5. The zero-order valence-electron chi connectivity index (χ0n) is 14.1. The number of anilines is 1. The lowest BCUT2D eigenvalue weighted by atomic mass is 9.81. The first-order chi connectivity index (χ1) is 12.5. The van der Waals surface area contributed by atoms with E-state index >= 15 is 0 Å². The number of hydrogen-bond acceptors (Lipinski definition) is 5. The molecular weight excluding hydrogens is 451 g/mol. The van der Waals surface area contributed by atoms with Gasteiger partial charge >= 0.3 is 5.97 Å². The van der Waals surface area contributed by atoms with Gasteiger partial charge in [0, 0.05) is 9.26 Å². The Bertz CT molecular complexity index is 710. The van der Waals surface area contributed by atoms with Gasteiger partial charge in [-0.15, -0.1) is 0 Å². The van der Waals surface area contributed by atoms with Crippen LogP contribution in [-0.4, -0.2) is 41.7 Å². The van der Waals surface area contributed by atoms with Gasteiger partial charge in [-0.3, -0.25) is 24.1 Å². The van der Waals surface area contributed by atoms with Crippen LogP contribution in [0, 0.1) is 15.4 Å². The lowest BCUT2D eigenvalue weighted by Crippen LogP contribution is -2.37. The number of ether oxygens (including phenoxy) is 1. The molecule has 3 rings (SSSR count). The third kappa shape index (κ3) is 4.22. The van der Waals surface area contributed by atoms with Crippen molar-refractivity contribution in [2.75, 3.05) is 18.5 Å². The molecule has 26 heavy (non-hydrogen) atoms. The summed E-state index contributed by atoms with van der Waals surface area (Å²) in [6, 6.07) is 7.16. The fraction of sp³-hybridized carbons (Fsp3) is 0.444. The molecule has 138 valence electrons. The molecule has 2 aliphatic rings. The Kier molecular flexibility index (Phi) is 5.90. The second-order valence-corrected chi connectivity index (χ2v) is 7.72. The van der Waals surface area contributed by atoms with Crippen molar-refractivity contribution in [1.82, 2.24) is 4.90 Å². The van der Waals surface area contributed by atoms with Crippen molar-refractivity contribution >= 4 is 52.0 Å². The molecule has 1 saturated carbocycles. The van der Waals surface area contributed by atoms with Crippen molar-refractivity contribution in [3.63, 3.8) is 0 Å². The van der Waals surface area contributed by atoms with Crippen LogP contribution in [0.5, 0.6) is 0 Å². The van der Waals surface area contributed by atoms with E-state index in [2.05, 4.69) is 27.9 Å². The van der Waals surface area contributed by atoms with Gasteiger partial charge in [-0.05, 0) is 59.7 Å². The van der Waals surface area contributed by atoms with E-state index in [-0.39, 0.29) is 23.7 Å². The Balaban J connectivity index is 1.48. The summed E-state index contributed by atoms with van der Waals surface area (Å²) in [6.45, 7) is -0.893. The summed E-state index contributed by atoms with van der Waals surface area (Å²) in [5.41, 5.74) is 0.598. The molecule has 0 bridgehead atoms. The van der Waals surface area contributed by atoms with E-state index in [1.807, 2.05) is 12.1 Å². The smallest absolute Gasteiger partial charge is 0.326 e. The van der Waals surface area contributed by atoms with Gasteiger partial charge in [0.15, 0.2) is 6.61 Å². The summed E-state index contributed by atoms with van der Waals surface area (Å²) in [7, 11) is 0. The highest BCUT2D eigenvalue weighted by Crippen LogP contribution is 2.37. The molecule has 1 heterocycles. The number of carbonyl (C=O) groups is 4. The zero-order chi connectivity index (χ0) is 18.7. The van der Waals surface area contributed by atoms with E-state index in [1.165, 1.54) is 0 Å². The van der Waals surface area contributed by atoms with Gasteiger partial charge in [0.25, 0.3) is 5.91 Å². The maximum atomic E-state index is 12.3. The molecule has 1 aliphatic carbocycles. The number of benzene rings is 1. The predicted molar refractivity (Wildman–Crippen MR) is 101 cm³/mol. The van der Waals surface area contributed by atoms with E-state index < -0.39 is 25.0 Å². The van der Waals surface area contributed by atoms with E-state index in [0.29, 0.717) is 18.5 Å². The van der Waals surface area contributed by atoms with Crippen molar-refractivity contribution in [3.8, 4) is 0 Å². The van der Waals surface area contributed by atoms with Crippen LogP contribution in [0.2, 0.25) is 0 Å². The molecule has 8 heteroatoms. The minimum absolute atomic E-state index is 0.292. The highest BCUT2D eigenvalue weighted by Gasteiger charge is 2.48. The predicted octanol–water partition coefficient (Wildman–Crippen LogP) is 1.95. The Hall–Kier alpha value is -1.97. The normalized spacial score (nSPS) is 22.1. The van der Waals surface area contributed by atoms with Crippen LogP contribution < -0.4 is 5.32 Å². The van der Waals surface area contributed by atoms with Gasteiger partial charge in [-0.2, -0.15) is 0 Å². The van der Waals surface area contributed by atoms with E-state index in [0.717, 1.165) is 21.3 Å². The summed E-state index contributed by atoms with van der Waals surface area (Å²) in [5, 5.41) is 2.61. The number of nitrogens with one attached hydrogen (secondary N) is 1. The number of halogens is 1. The highest BCUT2D eigenvalue weighted by molar-refractivity contribution is 14.1. The van der Waals surface area contributed by atoms with E-state index in [4.69, 9.17) is 4.74 Å². The summed E-state index contributed by atoms with van der Waals surface area (Å²) in [6.07, 6.45) is 3.24. The number of esters is 1. The first kappa shape index (κ1) is 18.8. The third-order valence-electron chi connectivity index (χ3n) is 4.71. The van der Waals surface area contributed by atoms with Gasteiger partial charge in [0.1, 0.15) is 6.54 Å². The van der Waals surface area contributed by atoms with Crippen LogP contribution in [0.25, 0.3) is 0 Å². The molecule has 1 aliphatic heterocycles. The Morgan fingerprint density at radius 3 is 2.23 bits per heavy atom. The van der Waals surface area contributed by atoms with Crippen LogP contribution in [-0.2, 0) is 23.9 Å². The van der Waals surface area contributed by atoms with Crippen LogP contribution in [0.4, 0.5) is 5.69 Å². The van der Waals surface area contributed by atoms with Crippen molar-refractivity contribution in [2.24, 2.45) is 11.8 Å². The average molecular weight is 470 g/mol. The number of fused-ring (bicyclic) bond motifs is 1. The number of rotatable bonds is 5. The fourth-order valence-corrected chi connectivity index (χ4v) is 3.80. The lowest BCUT2D eigenvalue weighted by molar-refractivity contribution is -0.154. The number of carbonyl (C=O) groups excluding carboxylic acids is 4. The fourth-order valence-electron chi connectivity index (χ4n) is 3.44. The maximum absolute atomic E-state index is 12.3. The monoisotopic (exact) mass is 470 g/mol. The molecule has 0 aromatic heterocycles. The lowest BCUT2D eigenvalue weighted by Gasteiger charge is -2.19. The zero-order valence-corrected chi connectivity index (χ0v) is 16.2. The Morgan fingerprint density at radius 2 is 1.65 bits per heavy atom. The number of nitrogens with zero attached hydrogens (tertiary/aromatic N) is 1. The minimum Gasteiger partial charge on any atom is -0.454 e. The van der Waals surface area contributed by atoms with Gasteiger partial charge in [-0.1, -0.05) is 12.8 Å². The quantitative estimate of drug-likeness (QED) is 0.404. The van der Waals surface area contributed by atoms with Crippen molar-refractivity contribution in [2.45, 2.75) is 25.7 Å². The van der Waals surface area contributed by atoms with Crippen LogP contribution in [0.15, 0.2) is 24.3 Å². The van der Waals surface area contributed by atoms with Crippen LogP contribution in [0.3, 0.4) is 0 Å². The topological polar surface area (TPSA) is 92.8 Å². The van der Waals surface area contributed by atoms with Crippen LogP contribution >= 0.6 is 22.6 Å². The second kappa shape index (κ2) is 8.15. The molecule has 0 unspecified atom stereocenters. The molecule has 2 fully saturated rings. The maximum Gasteiger partial charge on any atom is 0.326 e. The molecule has 2 atom stereocenters. The SMILES string of the molecule is O=C(COC(=O)CN1C(=O)[C@@H]2CCCC[C@H]2C1=O)Nc1ccc(I)cc1. The van der Waals surface area contributed by atoms with Gasteiger partial charge in [0.05, 0.1) is 11.8 Å². The number of likely N-dealkylation sites (tertiary alicyclic amines) is 1. The summed E-state index contributed by atoms with van der Waals surface area (Å²) in [4.78, 5) is 49.4. The van der Waals surface area contributed by atoms with Crippen molar-refractivity contribution in [3.05, 3.63) is 27.8 Å². The highest BCUT2D eigenvalue weighted by atomic mass is 127. The standard InChI is InChI=1S/C18H19IN2O5/c19-11-5-7-12(8-6-11)20-15(22)10-26-16(23)9-21-17(24)13-3-1-2-4-14(13)18(21)25/h5-8,13-14H,1-4,9-10H2,(H,20,22)/t13-,14-/m1/s1. The van der Waals surface area contributed by atoms with Gasteiger partial charge in [-0.25, -0.2) is 0 Å². The molecule has 1 aromatic rings. The number of amides is 3. The largest absolute Gasteiger partial charge is 0.454 e. The average Bonchev–Trinajstić information content (AvgIpc) is 2.87. The van der Waals surface area contributed by atoms with Gasteiger partial charge in [0.2, 0.25) is 11.8 Å². The number of imide groups is 1. The molecule has 1 N–H and O–H groups in total. The Morgan fingerprint density at radius 1 is 1.08 bits per heavy atom. The molecule has 0 radical (unpaired) electrons. The summed E-state index contributed by atoms with van der Waals surface area (Å²) in [5.74, 6) is -2.42. The first-order valence-corrected chi connectivity index (χ1v) is 9.60. The third-order valence-corrected chi connectivity index (χ3v) is 5.43. The summed E-state index contributed by atoms with van der Waals surface area (Å²) < 4.78 is 5.95. The molecule has 7 nitrogen and oxygen atoms in total. The first-order valence-electron chi connectivity index (χ1n) is 8.52. The van der Waals surface area contributed by atoms with E-state index in [9.17, 15) is 19.2 Å². The second-order valence-electron chi connectivity index (χ2n) is 6.48. The minimum atomic E-state index is -0.761. The van der Waals surface area contributed by atoms with E-state index in [1.54, 1.807) is 12.1 Å². The van der Waals surface area contributed by atoms with Crippen molar-refractivity contribution < 1.29 is 23.9 Å². The van der Waals surface area contributed by atoms with Crippen molar-refractivity contribution in [1.29, 1.82) is 0 Å². The summed E-state index contributed by atoms with van der Waals surface area (Å²) >= 11 is 2.15. The Labute approximate surface area is 164 Å². The number of hydrogen-bond donors (Lipinski definition) is 1. The van der Waals surface area contributed by atoms with Crippen LogP contribution in [0.1, 0.15) is 25.7 Å². The molecule has 1 saturated heterocycles. The molecule has 0 spiro atoms.